The third kappa shape index (κ3) is 1.28. The molecule has 0 spiro atoms. The number of rotatable bonds is 0. The van der Waals surface area contributed by atoms with Crippen LogP contribution >= 0.6 is 11.8 Å². The van der Waals surface area contributed by atoms with Crippen molar-refractivity contribution in [3.8, 4) is 0 Å². The first-order chi connectivity index (χ1) is 7.77. The first kappa shape index (κ1) is 9.59. The molecule has 5 heteroatoms. The van der Waals surface area contributed by atoms with Crippen molar-refractivity contribution in [2.24, 2.45) is 4.99 Å². The molecule has 0 fully saturated rings. The highest BCUT2D eigenvalue weighted by Crippen LogP contribution is 2.34. The van der Waals surface area contributed by atoms with Gasteiger partial charge >= 0.3 is 0 Å². The van der Waals surface area contributed by atoms with Gasteiger partial charge in [0, 0.05) is 17.5 Å². The molecule has 0 aromatic carbocycles. The van der Waals surface area contributed by atoms with Crippen LogP contribution in [0.3, 0.4) is 0 Å². The zero-order valence-electron chi connectivity index (χ0n) is 8.32. The quantitative estimate of drug-likeness (QED) is 0.621. The molecule has 16 heavy (non-hydrogen) atoms. The summed E-state index contributed by atoms with van der Waals surface area (Å²) in [7, 11) is 0. The summed E-state index contributed by atoms with van der Waals surface area (Å²) in [6.45, 7) is 0.105. The Morgan fingerprint density at radius 1 is 1.31 bits per heavy atom. The van der Waals surface area contributed by atoms with Gasteiger partial charge in [-0.25, -0.2) is 0 Å². The SMILES string of the molecule is O=C1CNC2=C(C1=O)C1=C(C=C1)N=CCS2. The molecule has 4 nitrogen and oxygen atoms in total. The molecule has 3 aliphatic rings. The number of hydrogen-bond acceptors (Lipinski definition) is 5. The van der Waals surface area contributed by atoms with Gasteiger partial charge in [-0.1, -0.05) is 0 Å². The lowest BCUT2D eigenvalue weighted by Gasteiger charge is -2.24. The van der Waals surface area contributed by atoms with Crippen LogP contribution in [0.5, 0.6) is 0 Å². The first-order valence-electron chi connectivity index (χ1n) is 4.91. The lowest BCUT2D eigenvalue weighted by Crippen LogP contribution is -2.37. The van der Waals surface area contributed by atoms with Gasteiger partial charge in [-0.3, -0.25) is 14.6 Å². The topological polar surface area (TPSA) is 58.5 Å². The number of Topliss-reactive ketones (excluding diaryl/α,β-unsaturated/α-hetero) is 2. The Hall–Kier alpha value is -1.62. The number of allylic oxidation sites excluding steroid dienone is 4. The predicted octanol–water partition coefficient (Wildman–Crippen LogP) is 0.581. The van der Waals surface area contributed by atoms with E-state index in [1.807, 2.05) is 18.4 Å². The Bertz CT molecular complexity index is 526. The molecule has 0 atom stereocenters. The molecule has 80 valence electrons. The van der Waals surface area contributed by atoms with Gasteiger partial charge in [0.2, 0.25) is 11.6 Å². The largest absolute Gasteiger partial charge is 0.372 e. The summed E-state index contributed by atoms with van der Waals surface area (Å²) in [6.07, 6.45) is 5.49. The van der Waals surface area contributed by atoms with Gasteiger partial charge in [0.15, 0.2) is 0 Å². The van der Waals surface area contributed by atoms with E-state index in [2.05, 4.69) is 10.3 Å². The fourth-order valence-electron chi connectivity index (χ4n) is 1.76. The van der Waals surface area contributed by atoms with E-state index >= 15 is 0 Å². The van der Waals surface area contributed by atoms with Crippen molar-refractivity contribution in [1.82, 2.24) is 5.32 Å². The highest BCUT2D eigenvalue weighted by atomic mass is 32.2. The third-order valence-corrected chi connectivity index (χ3v) is 3.56. The molecule has 0 aromatic heterocycles. The Morgan fingerprint density at radius 3 is 2.94 bits per heavy atom. The van der Waals surface area contributed by atoms with E-state index < -0.39 is 5.78 Å². The molecule has 2 aliphatic heterocycles. The minimum Gasteiger partial charge on any atom is -0.372 e. The Morgan fingerprint density at radius 2 is 2.19 bits per heavy atom. The molecule has 0 amide bonds. The summed E-state index contributed by atoms with van der Waals surface area (Å²) in [4.78, 5) is 27.4. The van der Waals surface area contributed by atoms with Crippen LogP contribution in [0, 0.1) is 0 Å². The van der Waals surface area contributed by atoms with Crippen LogP contribution in [0.25, 0.3) is 0 Å². The Kier molecular flexibility index (Phi) is 2.07. The second-order valence-corrected chi connectivity index (χ2v) is 4.60. The fraction of sp³-hybridized carbons (Fsp3) is 0.182. The molecule has 0 bridgehead atoms. The van der Waals surface area contributed by atoms with Gasteiger partial charge in [0.1, 0.15) is 0 Å². The molecule has 1 aliphatic carbocycles. The summed E-state index contributed by atoms with van der Waals surface area (Å²) < 4.78 is 0. The molecule has 0 aromatic rings. The number of aliphatic imine (C=N–C) groups is 1. The molecule has 0 unspecified atom stereocenters. The molecule has 1 N–H and O–H groups in total. The number of carbonyl (C=O) groups is 2. The lowest BCUT2D eigenvalue weighted by atomic mass is 9.91. The summed E-state index contributed by atoms with van der Waals surface area (Å²) in [6, 6.07) is 0. The number of ketones is 2. The van der Waals surface area contributed by atoms with E-state index in [0.717, 1.165) is 16.3 Å². The van der Waals surface area contributed by atoms with E-state index in [1.54, 1.807) is 0 Å². The van der Waals surface area contributed by atoms with Crippen molar-refractivity contribution in [2.75, 3.05) is 12.3 Å². The van der Waals surface area contributed by atoms with Crippen LogP contribution in [0.2, 0.25) is 0 Å². The van der Waals surface area contributed by atoms with E-state index in [4.69, 9.17) is 0 Å². The van der Waals surface area contributed by atoms with Crippen LogP contribution in [0.15, 0.2) is 39.0 Å². The van der Waals surface area contributed by atoms with Crippen LogP contribution < -0.4 is 5.32 Å². The van der Waals surface area contributed by atoms with Crippen molar-refractivity contribution in [3.63, 3.8) is 0 Å². The average Bonchev–Trinajstić information content (AvgIpc) is 2.23. The highest BCUT2D eigenvalue weighted by molar-refractivity contribution is 8.03. The van der Waals surface area contributed by atoms with Crippen molar-refractivity contribution < 1.29 is 9.59 Å². The molecular formula is C11H8N2O2S. The molecule has 0 saturated heterocycles. The van der Waals surface area contributed by atoms with Gasteiger partial charge in [-0.05, 0) is 12.2 Å². The summed E-state index contributed by atoms with van der Waals surface area (Å²) >= 11 is 1.50. The number of fused-ring (bicyclic) bond motifs is 1. The Labute approximate surface area is 96.2 Å². The smallest absolute Gasteiger partial charge is 0.233 e. The second-order valence-electron chi connectivity index (χ2n) is 3.56. The zero-order chi connectivity index (χ0) is 11.1. The van der Waals surface area contributed by atoms with E-state index in [-0.39, 0.29) is 12.3 Å². The van der Waals surface area contributed by atoms with Gasteiger partial charge in [0.05, 0.1) is 22.8 Å². The summed E-state index contributed by atoms with van der Waals surface area (Å²) in [5, 5.41) is 3.80. The summed E-state index contributed by atoms with van der Waals surface area (Å²) in [5.74, 6) is -0.0657. The second kappa shape index (κ2) is 3.45. The van der Waals surface area contributed by atoms with E-state index in [9.17, 15) is 9.59 Å². The first-order valence-corrected chi connectivity index (χ1v) is 5.89. The molecule has 0 radical (unpaired) electrons. The molecule has 2 heterocycles. The minimum atomic E-state index is -0.393. The van der Waals surface area contributed by atoms with Crippen LogP contribution in [-0.2, 0) is 9.59 Å². The van der Waals surface area contributed by atoms with Crippen LogP contribution in [0.4, 0.5) is 0 Å². The number of thioether (sulfide) groups is 1. The maximum absolute atomic E-state index is 11.8. The van der Waals surface area contributed by atoms with Gasteiger partial charge in [-0.2, -0.15) is 0 Å². The predicted molar refractivity (Wildman–Crippen MR) is 62.2 cm³/mol. The van der Waals surface area contributed by atoms with E-state index in [0.29, 0.717) is 11.3 Å². The average molecular weight is 232 g/mol. The zero-order valence-corrected chi connectivity index (χ0v) is 9.13. The minimum absolute atomic E-state index is 0.105. The summed E-state index contributed by atoms with van der Waals surface area (Å²) in [5.41, 5.74) is 2.07. The lowest BCUT2D eigenvalue weighted by molar-refractivity contribution is -0.134. The third-order valence-electron chi connectivity index (χ3n) is 2.60. The van der Waals surface area contributed by atoms with Crippen molar-refractivity contribution in [3.05, 3.63) is 34.0 Å². The number of hydrogen-bond donors (Lipinski definition) is 1. The molecular weight excluding hydrogens is 224 g/mol. The van der Waals surface area contributed by atoms with Gasteiger partial charge in [-0.15, -0.1) is 11.8 Å². The standard InChI is InChI=1S/C11H8N2O2S/c14-8-5-13-11-9(10(8)15)6-1-2-7(6)12-3-4-16-11/h1-3,13H,4-5H2. The van der Waals surface area contributed by atoms with Crippen molar-refractivity contribution in [1.29, 1.82) is 0 Å². The number of nitrogens with zero attached hydrogens (tertiary/aromatic N) is 1. The maximum atomic E-state index is 11.8. The van der Waals surface area contributed by atoms with Gasteiger partial charge < -0.3 is 5.32 Å². The highest BCUT2D eigenvalue weighted by Gasteiger charge is 2.32. The fourth-order valence-corrected chi connectivity index (χ4v) is 2.60. The van der Waals surface area contributed by atoms with Crippen molar-refractivity contribution >= 4 is 29.5 Å². The van der Waals surface area contributed by atoms with E-state index in [1.165, 1.54) is 11.8 Å². The molecule has 3 rings (SSSR count). The monoisotopic (exact) mass is 232 g/mol. The van der Waals surface area contributed by atoms with Crippen LogP contribution in [0.1, 0.15) is 0 Å². The van der Waals surface area contributed by atoms with Gasteiger partial charge in [0.25, 0.3) is 0 Å². The number of carbonyl (C=O) groups excluding carboxylic acids is 2. The van der Waals surface area contributed by atoms with Crippen molar-refractivity contribution in [2.45, 2.75) is 0 Å². The maximum Gasteiger partial charge on any atom is 0.233 e. The number of nitrogens with one attached hydrogen (secondary N) is 1. The molecule has 0 saturated carbocycles. The normalized spacial score (nSPS) is 23.2. The Balaban J connectivity index is 2.14. The van der Waals surface area contributed by atoms with Crippen LogP contribution in [-0.4, -0.2) is 30.1 Å².